The number of carboxylic acids is 1. The number of carbonyl (C=O) groups excluding carboxylic acids is 2. The van der Waals surface area contributed by atoms with Gasteiger partial charge < -0.3 is 10.2 Å². The number of hydrogen-bond acceptors (Lipinski definition) is 4. The number of imide groups is 1. The number of phenols is 1. The lowest BCUT2D eigenvalue weighted by atomic mass is 9.34. The molecule has 4 fully saturated rings. The molecule has 6 aliphatic rings. The van der Waals surface area contributed by atoms with Crippen molar-refractivity contribution in [1.29, 1.82) is 0 Å². The van der Waals surface area contributed by atoms with Crippen molar-refractivity contribution in [2.75, 3.05) is 4.90 Å². The summed E-state index contributed by atoms with van der Waals surface area (Å²) in [5.74, 6) is -1.24. The fraction of sp³-hybridized carbons (Fsp3) is 0.633. The number of rotatable bonds is 3. The topological polar surface area (TPSA) is 94.9 Å². The molecule has 1 aromatic carbocycles. The molecule has 1 aliphatic heterocycles. The Morgan fingerprint density at radius 1 is 1.08 bits per heavy atom. The van der Waals surface area contributed by atoms with Gasteiger partial charge in [-0.2, -0.15) is 0 Å². The minimum atomic E-state index is -0.752. The average molecular weight is 492 g/mol. The van der Waals surface area contributed by atoms with Crippen LogP contribution in [0.15, 0.2) is 35.9 Å². The molecule has 1 aromatic rings. The van der Waals surface area contributed by atoms with Gasteiger partial charge in [0.1, 0.15) is 5.75 Å². The molecule has 8 atom stereocenters. The van der Waals surface area contributed by atoms with Gasteiger partial charge >= 0.3 is 5.97 Å². The number of allylic oxidation sites excluding steroid dienone is 2. The van der Waals surface area contributed by atoms with Crippen molar-refractivity contribution in [2.45, 2.75) is 66.2 Å². The summed E-state index contributed by atoms with van der Waals surface area (Å²) in [6.07, 6.45) is 7.30. The number of anilines is 1. The minimum absolute atomic E-state index is 0.00535. The number of nitrogens with zero attached hydrogens (tertiary/aromatic N) is 1. The van der Waals surface area contributed by atoms with Gasteiger partial charge in [-0.15, -0.1) is 0 Å². The van der Waals surface area contributed by atoms with E-state index in [9.17, 15) is 24.6 Å². The third kappa shape index (κ3) is 2.76. The monoisotopic (exact) mass is 491 g/mol. The Morgan fingerprint density at radius 3 is 2.50 bits per heavy atom. The smallest absolute Gasteiger partial charge is 0.309 e. The Labute approximate surface area is 212 Å². The molecule has 192 valence electrons. The number of fused-ring (bicyclic) bond motifs is 1. The number of hydrogen-bond donors (Lipinski definition) is 2. The number of aliphatic carboxylic acids is 1. The minimum Gasteiger partial charge on any atom is -0.508 e. The summed E-state index contributed by atoms with van der Waals surface area (Å²) in [6, 6.07) is 6.43. The van der Waals surface area contributed by atoms with E-state index in [2.05, 4.69) is 26.8 Å². The number of phenolic OH excluding ortho intramolecular Hbond substituents is 1. The van der Waals surface area contributed by atoms with Crippen molar-refractivity contribution in [3.8, 4) is 5.75 Å². The summed E-state index contributed by atoms with van der Waals surface area (Å²) in [4.78, 5) is 42.0. The van der Waals surface area contributed by atoms with Crippen LogP contribution in [0.3, 0.4) is 0 Å². The first-order chi connectivity index (χ1) is 17.0. The van der Waals surface area contributed by atoms with Crippen molar-refractivity contribution in [3.05, 3.63) is 35.9 Å². The molecule has 1 spiro atoms. The van der Waals surface area contributed by atoms with Crippen LogP contribution in [0.2, 0.25) is 0 Å². The lowest BCUT2D eigenvalue weighted by molar-refractivity contribution is -0.194. The SMILES string of the molecule is CC(C)C1=C[C@@]23CC[C@H]4[C@](C)(CCC[C@@]4(C)C(=O)O)[C@@H]2C[C@H]1[C@@H]1C(=O)N(c2cccc(O)c2)C(=O)[C@H]13. The fourth-order valence-electron chi connectivity index (χ4n) is 9.84. The van der Waals surface area contributed by atoms with E-state index < -0.39 is 22.7 Å². The highest BCUT2D eigenvalue weighted by atomic mass is 16.4. The first kappa shape index (κ1) is 23.7. The summed E-state index contributed by atoms with van der Waals surface area (Å²) < 4.78 is 0. The Kier molecular flexibility index (Phi) is 4.92. The summed E-state index contributed by atoms with van der Waals surface area (Å²) in [5.41, 5.74) is 0.366. The lowest BCUT2D eigenvalue weighted by Gasteiger charge is -2.68. The molecule has 0 radical (unpaired) electrons. The van der Waals surface area contributed by atoms with Gasteiger partial charge in [0, 0.05) is 11.5 Å². The van der Waals surface area contributed by atoms with Crippen molar-refractivity contribution in [3.63, 3.8) is 0 Å². The summed E-state index contributed by atoms with van der Waals surface area (Å²) in [6.45, 7) is 8.58. The first-order valence-electron chi connectivity index (χ1n) is 13.6. The molecule has 36 heavy (non-hydrogen) atoms. The second-order valence-corrected chi connectivity index (χ2v) is 13.0. The fourth-order valence-corrected chi connectivity index (χ4v) is 9.84. The average Bonchev–Trinajstić information content (AvgIpc) is 3.10. The van der Waals surface area contributed by atoms with Gasteiger partial charge in [0.25, 0.3) is 0 Å². The summed E-state index contributed by atoms with van der Waals surface area (Å²) in [5, 5.41) is 20.3. The van der Waals surface area contributed by atoms with Crippen LogP contribution in [0, 0.1) is 51.8 Å². The molecule has 2 N–H and O–H groups in total. The van der Waals surface area contributed by atoms with E-state index in [0.29, 0.717) is 12.1 Å². The lowest BCUT2D eigenvalue weighted by Crippen LogP contribution is -2.65. The van der Waals surface area contributed by atoms with Crippen LogP contribution in [0.5, 0.6) is 5.75 Å². The Hall–Kier alpha value is -2.63. The second kappa shape index (κ2) is 7.45. The Bertz CT molecular complexity index is 1200. The zero-order valence-corrected chi connectivity index (χ0v) is 21.7. The maximum atomic E-state index is 14.2. The molecular weight excluding hydrogens is 454 g/mol. The highest BCUT2D eigenvalue weighted by Gasteiger charge is 2.73. The van der Waals surface area contributed by atoms with E-state index in [4.69, 9.17) is 0 Å². The van der Waals surface area contributed by atoms with Crippen molar-refractivity contribution < 1.29 is 24.6 Å². The molecule has 3 saturated carbocycles. The summed E-state index contributed by atoms with van der Waals surface area (Å²) >= 11 is 0. The third-order valence-corrected chi connectivity index (χ3v) is 11.2. The van der Waals surface area contributed by atoms with E-state index in [0.717, 1.165) is 32.1 Å². The quantitative estimate of drug-likeness (QED) is 0.436. The van der Waals surface area contributed by atoms with Crippen molar-refractivity contribution in [1.82, 2.24) is 0 Å². The standard InChI is InChI=1S/C30H37NO5/c1-16(2)20-15-30-12-9-21-28(3,10-6-11-29(21,4)27(35)36)22(30)14-19(20)23-24(30)26(34)31(25(23)33)17-7-5-8-18(32)13-17/h5,7-8,13,15-16,19,21-24,32H,6,9-12,14H2,1-4H3,(H,35,36)/t19-,21+,22+,23+,24+,28+,29-,30+/m1/s1. The predicted octanol–water partition coefficient (Wildman–Crippen LogP) is 5.41. The number of carbonyl (C=O) groups is 3. The first-order valence-corrected chi connectivity index (χ1v) is 13.6. The Morgan fingerprint density at radius 2 is 1.83 bits per heavy atom. The van der Waals surface area contributed by atoms with Gasteiger partial charge in [-0.1, -0.05) is 44.9 Å². The van der Waals surface area contributed by atoms with Crippen LogP contribution in [0.25, 0.3) is 0 Å². The van der Waals surface area contributed by atoms with E-state index in [1.54, 1.807) is 18.2 Å². The normalized spacial score (nSPS) is 43.2. The van der Waals surface area contributed by atoms with E-state index in [-0.39, 0.29) is 52.6 Å². The van der Waals surface area contributed by atoms with Gasteiger partial charge in [0.15, 0.2) is 0 Å². The van der Waals surface area contributed by atoms with Gasteiger partial charge in [0.2, 0.25) is 11.8 Å². The number of carboxylic acid groups (broad SMARTS) is 1. The van der Waals surface area contributed by atoms with Crippen molar-refractivity contribution >= 4 is 23.5 Å². The largest absolute Gasteiger partial charge is 0.508 e. The molecule has 1 heterocycles. The number of amides is 2. The van der Waals surface area contributed by atoms with Crippen LogP contribution in [-0.2, 0) is 14.4 Å². The van der Waals surface area contributed by atoms with Gasteiger partial charge in [0.05, 0.1) is 22.9 Å². The zero-order valence-electron chi connectivity index (χ0n) is 21.7. The highest BCUT2D eigenvalue weighted by molar-refractivity contribution is 6.23. The van der Waals surface area contributed by atoms with Gasteiger partial charge in [-0.05, 0) is 80.2 Å². The molecular formula is C30H37NO5. The van der Waals surface area contributed by atoms with Gasteiger partial charge in [-0.25, -0.2) is 4.90 Å². The maximum Gasteiger partial charge on any atom is 0.309 e. The van der Waals surface area contributed by atoms with E-state index in [1.165, 1.54) is 16.5 Å². The zero-order chi connectivity index (χ0) is 25.8. The molecule has 5 aliphatic carbocycles. The number of aromatic hydroxyl groups is 1. The molecule has 2 amide bonds. The van der Waals surface area contributed by atoms with Crippen LogP contribution in [-0.4, -0.2) is 28.0 Å². The molecule has 0 unspecified atom stereocenters. The van der Waals surface area contributed by atoms with Crippen molar-refractivity contribution in [2.24, 2.45) is 51.8 Å². The molecule has 7 rings (SSSR count). The van der Waals surface area contributed by atoms with Gasteiger partial charge in [-0.3, -0.25) is 14.4 Å². The van der Waals surface area contributed by atoms with Crippen LogP contribution < -0.4 is 4.90 Å². The Balaban J connectivity index is 1.50. The number of benzene rings is 1. The second-order valence-electron chi connectivity index (χ2n) is 13.0. The van der Waals surface area contributed by atoms with Crippen LogP contribution >= 0.6 is 0 Å². The predicted molar refractivity (Wildman–Crippen MR) is 135 cm³/mol. The molecule has 2 bridgehead atoms. The molecule has 6 nitrogen and oxygen atoms in total. The molecule has 0 aromatic heterocycles. The molecule has 1 saturated heterocycles. The maximum absolute atomic E-state index is 14.2. The van der Waals surface area contributed by atoms with E-state index in [1.807, 2.05) is 6.92 Å². The molecule has 6 heteroatoms. The third-order valence-electron chi connectivity index (χ3n) is 11.2. The van der Waals surface area contributed by atoms with Crippen LogP contribution in [0.1, 0.15) is 66.2 Å². The highest BCUT2D eigenvalue weighted by Crippen LogP contribution is 2.74. The van der Waals surface area contributed by atoms with Crippen LogP contribution in [0.4, 0.5) is 5.69 Å². The summed E-state index contributed by atoms with van der Waals surface area (Å²) in [7, 11) is 0. The van der Waals surface area contributed by atoms with E-state index >= 15 is 0 Å².